The molecule has 1 unspecified atom stereocenters. The van der Waals surface area contributed by atoms with Gasteiger partial charge in [-0.25, -0.2) is 4.68 Å². The molecule has 0 N–H and O–H groups in total. The lowest BCUT2D eigenvalue weighted by Crippen LogP contribution is -1.96. The van der Waals surface area contributed by atoms with E-state index in [1.165, 1.54) is 5.57 Å². The van der Waals surface area contributed by atoms with Crippen molar-refractivity contribution in [1.82, 2.24) is 15.0 Å². The van der Waals surface area contributed by atoms with Gasteiger partial charge in [0.05, 0.1) is 11.1 Å². The molecule has 70 valence electrons. The topological polar surface area (TPSA) is 30.7 Å². The number of rotatable bonds is 1. The molecule has 13 heavy (non-hydrogen) atoms. The Labute approximate surface area is 89.9 Å². The van der Waals surface area contributed by atoms with Crippen molar-refractivity contribution in [2.45, 2.75) is 18.2 Å². The van der Waals surface area contributed by atoms with Crippen molar-refractivity contribution in [2.75, 3.05) is 0 Å². The number of aromatic nitrogens is 3. The summed E-state index contributed by atoms with van der Waals surface area (Å²) in [6.45, 7) is 0. The van der Waals surface area contributed by atoms with Gasteiger partial charge >= 0.3 is 0 Å². The van der Waals surface area contributed by atoms with Crippen molar-refractivity contribution in [2.24, 2.45) is 7.05 Å². The summed E-state index contributed by atoms with van der Waals surface area (Å²) in [5.74, 6) is 0. The smallest absolute Gasteiger partial charge is 0.155 e. The molecule has 0 aromatic carbocycles. The molecule has 0 saturated heterocycles. The zero-order valence-electron chi connectivity index (χ0n) is 7.17. The Balaban J connectivity index is 2.40. The van der Waals surface area contributed by atoms with Gasteiger partial charge in [-0.3, -0.25) is 0 Å². The van der Waals surface area contributed by atoms with E-state index >= 15 is 0 Å². The van der Waals surface area contributed by atoms with Crippen LogP contribution in [0.1, 0.15) is 18.5 Å². The maximum Gasteiger partial charge on any atom is 0.155 e. The fourth-order valence-corrected chi connectivity index (χ4v) is 2.39. The molecule has 1 heterocycles. The van der Waals surface area contributed by atoms with Crippen molar-refractivity contribution in [1.29, 1.82) is 0 Å². The molecule has 0 bridgehead atoms. The van der Waals surface area contributed by atoms with Gasteiger partial charge in [-0.1, -0.05) is 11.3 Å². The molecule has 0 spiro atoms. The van der Waals surface area contributed by atoms with E-state index in [-0.39, 0.29) is 5.38 Å². The number of hydrogen-bond acceptors (Lipinski definition) is 2. The minimum absolute atomic E-state index is 0.164. The summed E-state index contributed by atoms with van der Waals surface area (Å²) in [5, 5.41) is 8.02. The van der Waals surface area contributed by atoms with E-state index in [0.29, 0.717) is 0 Å². The lowest BCUT2D eigenvalue weighted by molar-refractivity contribution is 0.705. The third-order valence-corrected chi connectivity index (χ3v) is 3.04. The second kappa shape index (κ2) is 3.42. The lowest BCUT2D eigenvalue weighted by atomic mass is 10.2. The first-order chi connectivity index (χ1) is 6.18. The summed E-state index contributed by atoms with van der Waals surface area (Å²) in [7, 11) is 1.88. The third-order valence-electron chi connectivity index (χ3n) is 2.16. The van der Waals surface area contributed by atoms with Crippen LogP contribution in [0, 0.1) is 0 Å². The zero-order chi connectivity index (χ0) is 9.42. The van der Waals surface area contributed by atoms with Crippen LogP contribution in [0.25, 0.3) is 5.57 Å². The molecular formula is C8H9BrClN3. The summed E-state index contributed by atoms with van der Waals surface area (Å²) in [6, 6.07) is 0. The predicted molar refractivity (Wildman–Crippen MR) is 55.6 cm³/mol. The molecule has 5 heteroatoms. The van der Waals surface area contributed by atoms with E-state index in [2.05, 4.69) is 32.3 Å². The van der Waals surface area contributed by atoms with Gasteiger partial charge in [0, 0.05) is 7.05 Å². The average Bonchev–Trinajstić information content (AvgIpc) is 2.60. The van der Waals surface area contributed by atoms with E-state index in [1.807, 2.05) is 7.05 Å². The van der Waals surface area contributed by atoms with Crippen LogP contribution in [-0.4, -0.2) is 20.4 Å². The van der Waals surface area contributed by atoms with Gasteiger partial charge in [0.25, 0.3) is 0 Å². The van der Waals surface area contributed by atoms with E-state index in [0.717, 1.165) is 23.1 Å². The van der Waals surface area contributed by atoms with Crippen molar-refractivity contribution < 1.29 is 0 Å². The number of halogens is 2. The molecule has 0 saturated carbocycles. The summed E-state index contributed by atoms with van der Waals surface area (Å²) in [4.78, 5) is 0. The fourth-order valence-electron chi connectivity index (χ4n) is 1.55. The summed E-state index contributed by atoms with van der Waals surface area (Å²) < 4.78 is 2.57. The lowest BCUT2D eigenvalue weighted by Gasteiger charge is -2.00. The number of aryl methyl sites for hydroxylation is 1. The quantitative estimate of drug-likeness (QED) is 0.728. The normalized spacial score (nSPS) is 22.1. The molecular weight excluding hydrogens is 253 g/mol. The largest absolute Gasteiger partial charge is 0.247 e. The Morgan fingerprint density at radius 1 is 1.69 bits per heavy atom. The third kappa shape index (κ3) is 1.65. The van der Waals surface area contributed by atoms with Gasteiger partial charge in [0.15, 0.2) is 4.60 Å². The highest BCUT2D eigenvalue weighted by atomic mass is 79.9. The van der Waals surface area contributed by atoms with Crippen molar-refractivity contribution in [3.8, 4) is 0 Å². The minimum atomic E-state index is 0.164. The highest BCUT2D eigenvalue weighted by molar-refractivity contribution is 9.10. The molecule has 1 atom stereocenters. The molecule has 2 rings (SSSR count). The van der Waals surface area contributed by atoms with Crippen molar-refractivity contribution in [3.05, 3.63) is 16.4 Å². The molecule has 3 nitrogen and oxygen atoms in total. The predicted octanol–water partition coefficient (Wildman–Crippen LogP) is 2.36. The first-order valence-electron chi connectivity index (χ1n) is 4.09. The summed E-state index contributed by atoms with van der Waals surface area (Å²) >= 11 is 9.36. The van der Waals surface area contributed by atoms with Crippen molar-refractivity contribution in [3.63, 3.8) is 0 Å². The second-order valence-corrected chi connectivity index (χ2v) is 4.41. The van der Waals surface area contributed by atoms with Crippen LogP contribution < -0.4 is 0 Å². The van der Waals surface area contributed by atoms with E-state index < -0.39 is 0 Å². The van der Waals surface area contributed by atoms with E-state index in [4.69, 9.17) is 11.6 Å². The molecule has 1 aromatic heterocycles. The van der Waals surface area contributed by atoms with Crippen LogP contribution in [-0.2, 0) is 7.05 Å². The monoisotopic (exact) mass is 261 g/mol. The summed E-state index contributed by atoms with van der Waals surface area (Å²) in [6.07, 6.45) is 4.09. The number of nitrogens with zero attached hydrogens (tertiary/aromatic N) is 3. The van der Waals surface area contributed by atoms with E-state index in [9.17, 15) is 0 Å². The number of hydrogen-bond donors (Lipinski definition) is 0. The summed E-state index contributed by atoms with van der Waals surface area (Å²) in [5.41, 5.74) is 2.28. The van der Waals surface area contributed by atoms with Crippen LogP contribution in [0.4, 0.5) is 0 Å². The van der Waals surface area contributed by atoms with Crippen LogP contribution in [0.2, 0.25) is 0 Å². The van der Waals surface area contributed by atoms with Crippen LogP contribution in [0.15, 0.2) is 10.7 Å². The standard InChI is InChI=1S/C8H9BrClN3/c1-13-7(8(9)11-12-13)5-2-3-6(10)4-5/h4,6H,2-3H2,1H3. The van der Waals surface area contributed by atoms with Crippen LogP contribution in [0.5, 0.6) is 0 Å². The first kappa shape index (κ1) is 9.21. The van der Waals surface area contributed by atoms with Gasteiger partial charge in [-0.15, -0.1) is 16.7 Å². The number of alkyl halides is 1. The Morgan fingerprint density at radius 3 is 2.92 bits per heavy atom. The van der Waals surface area contributed by atoms with Crippen molar-refractivity contribution >= 4 is 33.1 Å². The molecule has 1 aliphatic rings. The zero-order valence-corrected chi connectivity index (χ0v) is 9.51. The Bertz CT molecular complexity index is 339. The molecule has 1 aromatic rings. The Hall–Kier alpha value is -0.350. The SMILES string of the molecule is Cn1nnc(Br)c1C1=CC(Cl)CC1. The van der Waals surface area contributed by atoms with Gasteiger partial charge < -0.3 is 0 Å². The molecule has 0 aliphatic heterocycles. The highest BCUT2D eigenvalue weighted by Gasteiger charge is 2.19. The second-order valence-electron chi connectivity index (χ2n) is 3.10. The molecule has 0 radical (unpaired) electrons. The molecule has 0 fully saturated rings. The maximum atomic E-state index is 5.99. The Morgan fingerprint density at radius 2 is 2.46 bits per heavy atom. The Kier molecular flexibility index (Phi) is 2.43. The average molecular weight is 263 g/mol. The van der Waals surface area contributed by atoms with Gasteiger partial charge in [-0.05, 0) is 34.3 Å². The molecule has 0 amide bonds. The van der Waals surface area contributed by atoms with Crippen LogP contribution >= 0.6 is 27.5 Å². The highest BCUT2D eigenvalue weighted by Crippen LogP contribution is 2.32. The van der Waals surface area contributed by atoms with Gasteiger partial charge in [0.1, 0.15) is 0 Å². The van der Waals surface area contributed by atoms with E-state index in [1.54, 1.807) is 4.68 Å². The number of allylic oxidation sites excluding steroid dienone is 2. The minimum Gasteiger partial charge on any atom is -0.247 e. The van der Waals surface area contributed by atoms with Crippen LogP contribution in [0.3, 0.4) is 0 Å². The molecule has 1 aliphatic carbocycles. The van der Waals surface area contributed by atoms with Gasteiger partial charge in [-0.2, -0.15) is 0 Å². The fraction of sp³-hybridized carbons (Fsp3) is 0.500. The van der Waals surface area contributed by atoms with Gasteiger partial charge in [0.2, 0.25) is 0 Å². The first-order valence-corrected chi connectivity index (χ1v) is 5.31. The maximum absolute atomic E-state index is 5.99.